The maximum absolute atomic E-state index is 14.1. The van der Waals surface area contributed by atoms with Crippen LogP contribution in [-0.4, -0.2) is 73.4 Å². The molecule has 0 N–H and O–H groups in total. The molecule has 2 unspecified atom stereocenters. The molecule has 0 saturated carbocycles. The van der Waals surface area contributed by atoms with Gasteiger partial charge in [0.05, 0.1) is 35.9 Å². The number of anilines is 1. The number of methoxy groups -OCH3 is 1. The first-order valence-corrected chi connectivity index (χ1v) is 13.8. The van der Waals surface area contributed by atoms with Gasteiger partial charge < -0.3 is 23.5 Å². The molecular weight excluding hydrogens is 567 g/mol. The van der Waals surface area contributed by atoms with E-state index in [0.29, 0.717) is 12.3 Å². The Morgan fingerprint density at radius 2 is 1.74 bits per heavy atom. The molecule has 228 valence electrons. The topological polar surface area (TPSA) is 103 Å². The molecule has 0 amide bonds. The zero-order valence-corrected chi connectivity index (χ0v) is 24.0. The van der Waals surface area contributed by atoms with Gasteiger partial charge in [0.2, 0.25) is 12.3 Å². The standard InChI is InChI=1S/C30H32F3N5O5/c1-19-25(28-36-34-18-42-28)26(21-8-4-5-9-22(21)30(31,32)33)27(20(2)35-19)43-29(39)41-17-16-37-12-14-38(15-13-37)23-10-6-7-11-24(23)40-3/h4-11,18,25-26H,12-17H2,1-3H3. The number of benzene rings is 2. The Hall–Kier alpha value is -4.39. The van der Waals surface area contributed by atoms with Gasteiger partial charge >= 0.3 is 12.3 Å². The van der Waals surface area contributed by atoms with E-state index >= 15 is 0 Å². The van der Waals surface area contributed by atoms with Crippen molar-refractivity contribution in [1.29, 1.82) is 0 Å². The van der Waals surface area contributed by atoms with Crippen molar-refractivity contribution >= 4 is 17.6 Å². The van der Waals surface area contributed by atoms with Crippen LogP contribution in [0.25, 0.3) is 0 Å². The average molecular weight is 600 g/mol. The zero-order valence-electron chi connectivity index (χ0n) is 24.0. The van der Waals surface area contributed by atoms with Crippen molar-refractivity contribution in [2.24, 2.45) is 4.99 Å². The number of nitrogens with zero attached hydrogens (tertiary/aromatic N) is 5. The van der Waals surface area contributed by atoms with Gasteiger partial charge in [0.25, 0.3) is 0 Å². The highest BCUT2D eigenvalue weighted by atomic mass is 19.4. The van der Waals surface area contributed by atoms with Crippen LogP contribution in [0.4, 0.5) is 23.7 Å². The van der Waals surface area contributed by atoms with Gasteiger partial charge in [-0.1, -0.05) is 30.3 Å². The largest absolute Gasteiger partial charge is 0.513 e. The molecule has 1 fully saturated rings. The van der Waals surface area contributed by atoms with E-state index in [-0.39, 0.29) is 29.5 Å². The molecule has 2 aromatic carbocycles. The van der Waals surface area contributed by atoms with Crippen LogP contribution in [0.15, 0.2) is 75.8 Å². The maximum atomic E-state index is 14.1. The molecule has 2 aliphatic heterocycles. The van der Waals surface area contributed by atoms with Crippen LogP contribution in [-0.2, 0) is 15.7 Å². The Morgan fingerprint density at radius 3 is 2.44 bits per heavy atom. The SMILES string of the molecule is COc1ccccc1N1CCN(CCOC(=O)OC2=C(C)N=C(C)C(c3nnco3)C2c2ccccc2C(F)(F)F)CC1. The Kier molecular flexibility index (Phi) is 9.00. The van der Waals surface area contributed by atoms with Gasteiger partial charge in [0, 0.05) is 38.4 Å². The zero-order chi connectivity index (χ0) is 30.6. The molecule has 2 atom stereocenters. The van der Waals surface area contributed by atoms with Crippen LogP contribution in [0.5, 0.6) is 5.75 Å². The highest BCUT2D eigenvalue weighted by molar-refractivity contribution is 5.91. The summed E-state index contributed by atoms with van der Waals surface area (Å²) in [6.45, 7) is 6.77. The lowest BCUT2D eigenvalue weighted by Crippen LogP contribution is -2.47. The smallest absolute Gasteiger partial charge is 0.495 e. The minimum Gasteiger partial charge on any atom is -0.495 e. The second-order valence-electron chi connectivity index (χ2n) is 10.2. The van der Waals surface area contributed by atoms with Crippen molar-refractivity contribution in [2.45, 2.75) is 31.9 Å². The Balaban J connectivity index is 1.27. The number of carbonyl (C=O) groups is 1. The van der Waals surface area contributed by atoms with E-state index in [1.54, 1.807) is 21.0 Å². The summed E-state index contributed by atoms with van der Waals surface area (Å²) >= 11 is 0. The molecule has 3 aromatic rings. The van der Waals surface area contributed by atoms with Crippen molar-refractivity contribution < 1.29 is 36.6 Å². The number of para-hydroxylation sites is 2. The lowest BCUT2D eigenvalue weighted by molar-refractivity contribution is -0.138. The third-order valence-corrected chi connectivity index (χ3v) is 7.63. The van der Waals surface area contributed by atoms with Gasteiger partial charge in [-0.05, 0) is 37.6 Å². The fraction of sp³-hybridized carbons (Fsp3) is 0.400. The summed E-state index contributed by atoms with van der Waals surface area (Å²) in [5.74, 6) is -1.21. The van der Waals surface area contributed by atoms with E-state index in [1.165, 1.54) is 18.2 Å². The van der Waals surface area contributed by atoms with Crippen molar-refractivity contribution in [3.8, 4) is 5.75 Å². The van der Waals surface area contributed by atoms with Crippen molar-refractivity contribution in [1.82, 2.24) is 15.1 Å². The van der Waals surface area contributed by atoms with Crippen LogP contribution in [0.1, 0.15) is 42.7 Å². The van der Waals surface area contributed by atoms with E-state index in [1.807, 2.05) is 24.3 Å². The molecule has 0 spiro atoms. The first-order chi connectivity index (χ1) is 20.7. The summed E-state index contributed by atoms with van der Waals surface area (Å²) in [4.78, 5) is 21.7. The Morgan fingerprint density at radius 1 is 1.02 bits per heavy atom. The molecular formula is C30H32F3N5O5. The second kappa shape index (κ2) is 12.9. The number of rotatable bonds is 8. The first kappa shape index (κ1) is 30.1. The summed E-state index contributed by atoms with van der Waals surface area (Å²) in [6, 6.07) is 13.0. The van der Waals surface area contributed by atoms with Gasteiger partial charge in [0.1, 0.15) is 18.1 Å². The van der Waals surface area contributed by atoms with Crippen LogP contribution in [0.2, 0.25) is 0 Å². The number of hydrogen-bond donors (Lipinski definition) is 0. The number of allylic oxidation sites excluding steroid dienone is 2. The summed E-state index contributed by atoms with van der Waals surface area (Å²) in [6.07, 6.45) is -4.60. The molecule has 5 rings (SSSR count). The first-order valence-electron chi connectivity index (χ1n) is 13.8. The Labute approximate surface area is 246 Å². The van der Waals surface area contributed by atoms with Gasteiger partial charge in [-0.25, -0.2) is 4.79 Å². The van der Waals surface area contributed by atoms with E-state index in [9.17, 15) is 18.0 Å². The second-order valence-corrected chi connectivity index (χ2v) is 10.2. The van der Waals surface area contributed by atoms with Crippen molar-refractivity contribution in [3.05, 3.63) is 83.4 Å². The minimum absolute atomic E-state index is 0.0407. The molecule has 0 bridgehead atoms. The summed E-state index contributed by atoms with van der Waals surface area (Å²) < 4.78 is 64.2. The minimum atomic E-state index is -4.66. The van der Waals surface area contributed by atoms with Crippen LogP contribution in [0.3, 0.4) is 0 Å². The molecule has 2 aliphatic rings. The maximum Gasteiger partial charge on any atom is 0.513 e. The predicted octanol–water partition coefficient (Wildman–Crippen LogP) is 5.65. The van der Waals surface area contributed by atoms with E-state index in [0.717, 1.165) is 50.1 Å². The van der Waals surface area contributed by atoms with Crippen LogP contribution in [0, 0.1) is 0 Å². The van der Waals surface area contributed by atoms with E-state index in [4.69, 9.17) is 18.6 Å². The highest BCUT2D eigenvalue weighted by Crippen LogP contribution is 2.47. The Bertz CT molecular complexity index is 1480. The van der Waals surface area contributed by atoms with Crippen molar-refractivity contribution in [2.75, 3.05) is 51.3 Å². The van der Waals surface area contributed by atoms with Gasteiger partial charge in [-0.2, -0.15) is 13.2 Å². The predicted molar refractivity (Wildman–Crippen MR) is 151 cm³/mol. The van der Waals surface area contributed by atoms with Gasteiger partial charge in [-0.3, -0.25) is 9.89 Å². The molecule has 1 aromatic heterocycles. The molecule has 3 heterocycles. The lowest BCUT2D eigenvalue weighted by atomic mass is 9.77. The number of aliphatic imine (C=N–C) groups is 1. The molecule has 0 radical (unpaired) electrons. The fourth-order valence-corrected chi connectivity index (χ4v) is 5.61. The van der Waals surface area contributed by atoms with E-state index < -0.39 is 29.7 Å². The van der Waals surface area contributed by atoms with Gasteiger partial charge in [0.15, 0.2) is 0 Å². The summed E-state index contributed by atoms with van der Waals surface area (Å²) in [7, 11) is 1.65. The van der Waals surface area contributed by atoms with Crippen LogP contribution < -0.4 is 9.64 Å². The number of hydrogen-bond acceptors (Lipinski definition) is 10. The highest BCUT2D eigenvalue weighted by Gasteiger charge is 2.44. The lowest BCUT2D eigenvalue weighted by Gasteiger charge is -2.36. The number of aromatic nitrogens is 2. The fourth-order valence-electron chi connectivity index (χ4n) is 5.61. The monoisotopic (exact) mass is 599 g/mol. The van der Waals surface area contributed by atoms with E-state index in [2.05, 4.69) is 25.0 Å². The molecule has 0 aliphatic carbocycles. The third kappa shape index (κ3) is 6.66. The summed E-state index contributed by atoms with van der Waals surface area (Å²) in [5.41, 5.74) is 0.742. The summed E-state index contributed by atoms with van der Waals surface area (Å²) in [5, 5.41) is 7.64. The number of piperazine rings is 1. The van der Waals surface area contributed by atoms with Crippen LogP contribution >= 0.6 is 0 Å². The number of carbonyl (C=O) groups excluding carboxylic acids is 1. The normalized spacial score (nSPS) is 19.7. The quantitative estimate of drug-likeness (QED) is 0.304. The molecule has 1 saturated heterocycles. The number of halogens is 3. The molecule has 13 heteroatoms. The van der Waals surface area contributed by atoms with Gasteiger partial charge in [-0.15, -0.1) is 10.2 Å². The number of alkyl halides is 3. The molecule has 10 nitrogen and oxygen atoms in total. The third-order valence-electron chi connectivity index (χ3n) is 7.63. The molecule has 43 heavy (non-hydrogen) atoms. The van der Waals surface area contributed by atoms with Crippen molar-refractivity contribution in [3.63, 3.8) is 0 Å². The number of ether oxygens (including phenoxy) is 3. The average Bonchev–Trinajstić information content (AvgIpc) is 3.53.